The Morgan fingerprint density at radius 3 is 2.50 bits per heavy atom. The van der Waals surface area contributed by atoms with Gasteiger partial charge in [0.05, 0.1) is 0 Å². The molecule has 1 saturated heterocycles. The zero-order chi connectivity index (χ0) is 14.5. The van der Waals surface area contributed by atoms with E-state index >= 15 is 0 Å². The maximum Gasteiger partial charge on any atom is 0.217 e. The van der Waals surface area contributed by atoms with Crippen molar-refractivity contribution < 1.29 is 4.79 Å². The molecule has 0 bridgehead atoms. The van der Waals surface area contributed by atoms with Crippen LogP contribution in [0.1, 0.15) is 24.0 Å². The Kier molecular flexibility index (Phi) is 5.01. The Hall–Kier alpha value is -1.55. The van der Waals surface area contributed by atoms with Crippen LogP contribution in [0.2, 0.25) is 0 Å². The number of rotatable bonds is 5. The van der Waals surface area contributed by atoms with E-state index in [9.17, 15) is 4.79 Å². The Bertz CT molecular complexity index is 465. The SMILES string of the molecule is Cc1ccc(N2CCN(CCCC(N)=O)CC2)c(C)c1. The third-order valence-corrected chi connectivity index (χ3v) is 3.96. The lowest BCUT2D eigenvalue weighted by molar-refractivity contribution is -0.118. The van der Waals surface area contributed by atoms with E-state index in [1.807, 2.05) is 0 Å². The zero-order valence-corrected chi connectivity index (χ0v) is 12.6. The highest BCUT2D eigenvalue weighted by atomic mass is 16.1. The number of nitrogens with zero attached hydrogens (tertiary/aromatic N) is 2. The third kappa shape index (κ3) is 3.97. The predicted octanol–water partition coefficient (Wildman–Crippen LogP) is 1.69. The molecule has 0 saturated carbocycles. The number of amides is 1. The number of primary amides is 1. The van der Waals surface area contributed by atoms with E-state index < -0.39 is 0 Å². The summed E-state index contributed by atoms with van der Waals surface area (Å²) in [6.07, 6.45) is 1.37. The lowest BCUT2D eigenvalue weighted by atomic mass is 10.1. The van der Waals surface area contributed by atoms with Crippen LogP contribution in [0.15, 0.2) is 18.2 Å². The monoisotopic (exact) mass is 275 g/mol. The molecule has 1 amide bonds. The summed E-state index contributed by atoms with van der Waals surface area (Å²) in [6.45, 7) is 9.53. The summed E-state index contributed by atoms with van der Waals surface area (Å²) in [6, 6.07) is 6.66. The maximum absolute atomic E-state index is 10.7. The van der Waals surface area contributed by atoms with E-state index in [1.165, 1.54) is 16.8 Å². The van der Waals surface area contributed by atoms with Crippen molar-refractivity contribution in [3.63, 3.8) is 0 Å². The summed E-state index contributed by atoms with van der Waals surface area (Å²) in [5.74, 6) is -0.195. The molecule has 1 heterocycles. The second-order valence-electron chi connectivity index (χ2n) is 5.69. The molecule has 0 radical (unpaired) electrons. The van der Waals surface area contributed by atoms with Crippen LogP contribution in [0.3, 0.4) is 0 Å². The van der Waals surface area contributed by atoms with Crippen LogP contribution in [-0.4, -0.2) is 43.5 Å². The quantitative estimate of drug-likeness (QED) is 0.889. The minimum Gasteiger partial charge on any atom is -0.370 e. The second-order valence-corrected chi connectivity index (χ2v) is 5.69. The average Bonchev–Trinajstić information content (AvgIpc) is 2.39. The van der Waals surface area contributed by atoms with Gasteiger partial charge in [-0.1, -0.05) is 17.7 Å². The Morgan fingerprint density at radius 1 is 1.20 bits per heavy atom. The van der Waals surface area contributed by atoms with E-state index in [1.54, 1.807) is 0 Å². The molecule has 2 rings (SSSR count). The third-order valence-electron chi connectivity index (χ3n) is 3.96. The minimum atomic E-state index is -0.195. The van der Waals surface area contributed by atoms with E-state index in [0.29, 0.717) is 6.42 Å². The molecule has 1 aliphatic rings. The fourth-order valence-electron chi connectivity index (χ4n) is 2.85. The van der Waals surface area contributed by atoms with Crippen molar-refractivity contribution in [1.29, 1.82) is 0 Å². The highest BCUT2D eigenvalue weighted by Gasteiger charge is 2.18. The van der Waals surface area contributed by atoms with E-state index in [0.717, 1.165) is 39.1 Å². The Labute approximate surface area is 121 Å². The van der Waals surface area contributed by atoms with E-state index in [2.05, 4.69) is 41.8 Å². The summed E-state index contributed by atoms with van der Waals surface area (Å²) < 4.78 is 0. The first-order valence-electron chi connectivity index (χ1n) is 7.39. The molecule has 1 aromatic carbocycles. The molecular formula is C16H25N3O. The lowest BCUT2D eigenvalue weighted by Crippen LogP contribution is -2.47. The van der Waals surface area contributed by atoms with Gasteiger partial charge in [0.1, 0.15) is 0 Å². The van der Waals surface area contributed by atoms with Gasteiger partial charge in [0.15, 0.2) is 0 Å². The molecule has 0 aliphatic carbocycles. The number of carbonyl (C=O) groups excluding carboxylic acids is 1. The standard InChI is InChI=1S/C16H25N3O/c1-13-5-6-15(14(2)12-13)19-10-8-18(9-11-19)7-3-4-16(17)20/h5-6,12H,3-4,7-11H2,1-2H3,(H2,17,20). The number of hydrogen-bond acceptors (Lipinski definition) is 3. The van der Waals surface area contributed by atoms with Crippen LogP contribution in [-0.2, 0) is 4.79 Å². The molecule has 0 aromatic heterocycles. The molecule has 0 unspecified atom stereocenters. The van der Waals surface area contributed by atoms with Gasteiger partial charge in [0, 0.05) is 38.3 Å². The number of hydrogen-bond donors (Lipinski definition) is 1. The van der Waals surface area contributed by atoms with Crippen molar-refractivity contribution in [1.82, 2.24) is 4.90 Å². The van der Waals surface area contributed by atoms with Gasteiger partial charge in [-0.3, -0.25) is 9.69 Å². The summed E-state index contributed by atoms with van der Waals surface area (Å²) >= 11 is 0. The summed E-state index contributed by atoms with van der Waals surface area (Å²) in [7, 11) is 0. The fourth-order valence-corrected chi connectivity index (χ4v) is 2.85. The predicted molar refractivity (Wildman–Crippen MR) is 83.0 cm³/mol. The molecular weight excluding hydrogens is 250 g/mol. The second kappa shape index (κ2) is 6.75. The average molecular weight is 275 g/mol. The van der Waals surface area contributed by atoms with Crippen molar-refractivity contribution in [2.75, 3.05) is 37.6 Å². The molecule has 4 nitrogen and oxygen atoms in total. The molecule has 0 spiro atoms. The number of aryl methyl sites for hydroxylation is 2. The minimum absolute atomic E-state index is 0.195. The normalized spacial score (nSPS) is 16.4. The topological polar surface area (TPSA) is 49.6 Å². The lowest BCUT2D eigenvalue weighted by Gasteiger charge is -2.36. The van der Waals surface area contributed by atoms with Crippen molar-refractivity contribution in [2.24, 2.45) is 5.73 Å². The molecule has 4 heteroatoms. The molecule has 1 aromatic rings. The van der Waals surface area contributed by atoms with Crippen molar-refractivity contribution in [3.8, 4) is 0 Å². The highest BCUT2D eigenvalue weighted by Crippen LogP contribution is 2.22. The first kappa shape index (κ1) is 14.9. The van der Waals surface area contributed by atoms with Crippen molar-refractivity contribution in [2.45, 2.75) is 26.7 Å². The summed E-state index contributed by atoms with van der Waals surface area (Å²) in [5, 5.41) is 0. The smallest absolute Gasteiger partial charge is 0.217 e. The Morgan fingerprint density at radius 2 is 1.90 bits per heavy atom. The molecule has 0 atom stereocenters. The van der Waals surface area contributed by atoms with Gasteiger partial charge >= 0.3 is 0 Å². The van der Waals surface area contributed by atoms with E-state index in [-0.39, 0.29) is 5.91 Å². The van der Waals surface area contributed by atoms with Gasteiger partial charge < -0.3 is 10.6 Å². The van der Waals surface area contributed by atoms with Crippen LogP contribution >= 0.6 is 0 Å². The molecule has 2 N–H and O–H groups in total. The zero-order valence-electron chi connectivity index (χ0n) is 12.6. The van der Waals surface area contributed by atoms with Gasteiger partial charge in [-0.2, -0.15) is 0 Å². The van der Waals surface area contributed by atoms with Gasteiger partial charge in [-0.25, -0.2) is 0 Å². The largest absolute Gasteiger partial charge is 0.370 e. The number of piperazine rings is 1. The van der Waals surface area contributed by atoms with Gasteiger partial charge in [-0.05, 0) is 38.4 Å². The van der Waals surface area contributed by atoms with Crippen LogP contribution in [0.4, 0.5) is 5.69 Å². The number of benzene rings is 1. The highest BCUT2D eigenvalue weighted by molar-refractivity contribution is 5.73. The number of anilines is 1. The maximum atomic E-state index is 10.7. The molecule has 20 heavy (non-hydrogen) atoms. The van der Waals surface area contributed by atoms with Gasteiger partial charge in [0.25, 0.3) is 0 Å². The van der Waals surface area contributed by atoms with Crippen LogP contribution in [0, 0.1) is 13.8 Å². The Balaban J connectivity index is 1.83. The van der Waals surface area contributed by atoms with Crippen LogP contribution in [0.5, 0.6) is 0 Å². The molecule has 1 fully saturated rings. The summed E-state index contributed by atoms with van der Waals surface area (Å²) in [4.78, 5) is 15.6. The first-order valence-corrected chi connectivity index (χ1v) is 7.39. The van der Waals surface area contributed by atoms with Crippen molar-refractivity contribution >= 4 is 11.6 Å². The van der Waals surface area contributed by atoms with Gasteiger partial charge in [0.2, 0.25) is 5.91 Å². The van der Waals surface area contributed by atoms with E-state index in [4.69, 9.17) is 5.73 Å². The molecule has 110 valence electrons. The van der Waals surface area contributed by atoms with Crippen molar-refractivity contribution in [3.05, 3.63) is 29.3 Å². The summed E-state index contributed by atoms with van der Waals surface area (Å²) in [5.41, 5.74) is 9.19. The molecule has 1 aliphatic heterocycles. The van der Waals surface area contributed by atoms with Crippen LogP contribution < -0.4 is 10.6 Å². The number of nitrogens with two attached hydrogens (primary N) is 1. The van der Waals surface area contributed by atoms with Gasteiger partial charge in [-0.15, -0.1) is 0 Å². The first-order chi connectivity index (χ1) is 9.56. The fraction of sp³-hybridized carbons (Fsp3) is 0.562. The number of carbonyl (C=O) groups is 1. The van der Waals surface area contributed by atoms with Crippen LogP contribution in [0.25, 0.3) is 0 Å².